The van der Waals surface area contributed by atoms with Gasteiger partial charge in [-0.3, -0.25) is 19.8 Å². The average molecular weight is 413 g/mol. The number of nitrogens with one attached hydrogen (secondary N) is 2. The molecule has 144 valence electrons. The number of aromatic nitrogens is 1. The zero-order valence-corrected chi connectivity index (χ0v) is 17.0. The molecule has 3 heterocycles. The van der Waals surface area contributed by atoms with Crippen molar-refractivity contribution < 1.29 is 9.59 Å². The zero-order chi connectivity index (χ0) is 19.5. The Kier molecular flexibility index (Phi) is 5.52. The van der Waals surface area contributed by atoms with Crippen molar-refractivity contribution in [2.24, 2.45) is 0 Å². The number of thiazole rings is 1. The number of fused-ring (bicyclic) bond motifs is 1. The summed E-state index contributed by atoms with van der Waals surface area (Å²) in [6.07, 6.45) is 0.776. The minimum Gasteiger partial charge on any atom is -0.325 e. The van der Waals surface area contributed by atoms with Crippen molar-refractivity contribution in [1.29, 1.82) is 0 Å². The number of thiophene rings is 1. The maximum atomic E-state index is 12.4. The standard InChI is InChI=1S/C20H20N4O2S2/c1-13-4-2-5-14(10-13)21-18(25)12-24-8-7-15-17(11-24)28-20(22-15)23-19(26)16-6-3-9-27-16/h2-6,9-10H,7-8,11-12H2,1H3,(H,21,25)(H,22,23,26). The van der Waals surface area contributed by atoms with Crippen LogP contribution in [0.3, 0.4) is 0 Å². The Balaban J connectivity index is 1.35. The quantitative estimate of drug-likeness (QED) is 0.669. The molecule has 2 amide bonds. The summed E-state index contributed by atoms with van der Waals surface area (Å²) in [6.45, 7) is 3.78. The number of hydrogen-bond acceptors (Lipinski definition) is 6. The van der Waals surface area contributed by atoms with Crippen molar-refractivity contribution in [1.82, 2.24) is 9.88 Å². The summed E-state index contributed by atoms with van der Waals surface area (Å²) in [7, 11) is 0. The molecule has 0 bridgehead atoms. The van der Waals surface area contributed by atoms with Gasteiger partial charge in [-0.05, 0) is 36.1 Å². The number of hydrogen-bond donors (Lipinski definition) is 2. The van der Waals surface area contributed by atoms with Crippen molar-refractivity contribution in [3.63, 3.8) is 0 Å². The van der Waals surface area contributed by atoms with Crippen molar-refractivity contribution in [2.75, 3.05) is 23.7 Å². The highest BCUT2D eigenvalue weighted by atomic mass is 32.1. The molecule has 0 atom stereocenters. The third-order valence-corrected chi connectivity index (χ3v) is 6.31. The Hall–Kier alpha value is -2.55. The number of anilines is 2. The predicted octanol–water partition coefficient (Wildman–Crippen LogP) is 3.76. The Morgan fingerprint density at radius 2 is 2.11 bits per heavy atom. The highest BCUT2D eigenvalue weighted by Crippen LogP contribution is 2.28. The molecule has 0 saturated heterocycles. The monoisotopic (exact) mass is 412 g/mol. The third-order valence-electron chi connectivity index (χ3n) is 4.44. The van der Waals surface area contributed by atoms with Gasteiger partial charge in [0.05, 0.1) is 17.1 Å². The Bertz CT molecular complexity index is 998. The maximum Gasteiger partial charge on any atom is 0.267 e. The van der Waals surface area contributed by atoms with E-state index in [9.17, 15) is 9.59 Å². The van der Waals surface area contributed by atoms with Gasteiger partial charge in [0.2, 0.25) is 5.91 Å². The number of nitrogens with zero attached hydrogens (tertiary/aromatic N) is 2. The molecule has 0 radical (unpaired) electrons. The van der Waals surface area contributed by atoms with Gasteiger partial charge in [0.1, 0.15) is 0 Å². The molecular formula is C20H20N4O2S2. The van der Waals surface area contributed by atoms with E-state index < -0.39 is 0 Å². The molecule has 0 fully saturated rings. The van der Waals surface area contributed by atoms with Gasteiger partial charge in [0.15, 0.2) is 5.13 Å². The summed E-state index contributed by atoms with van der Waals surface area (Å²) >= 11 is 2.89. The van der Waals surface area contributed by atoms with Crippen LogP contribution in [0.25, 0.3) is 0 Å². The van der Waals surface area contributed by atoms with E-state index in [-0.39, 0.29) is 11.8 Å². The van der Waals surface area contributed by atoms with E-state index in [4.69, 9.17) is 0 Å². The van der Waals surface area contributed by atoms with Gasteiger partial charge in [-0.1, -0.05) is 18.2 Å². The molecule has 3 aromatic rings. The van der Waals surface area contributed by atoms with Gasteiger partial charge in [0, 0.05) is 30.1 Å². The minimum atomic E-state index is -0.129. The fourth-order valence-electron chi connectivity index (χ4n) is 3.13. The maximum absolute atomic E-state index is 12.4. The number of carbonyl (C=O) groups excluding carboxylic acids is 2. The topological polar surface area (TPSA) is 74.3 Å². The predicted molar refractivity (Wildman–Crippen MR) is 113 cm³/mol. The van der Waals surface area contributed by atoms with E-state index in [2.05, 4.69) is 20.5 Å². The van der Waals surface area contributed by atoms with Crippen LogP contribution in [0.15, 0.2) is 41.8 Å². The largest absolute Gasteiger partial charge is 0.325 e. The number of carbonyl (C=O) groups is 2. The van der Waals surface area contributed by atoms with Crippen molar-refractivity contribution in [2.45, 2.75) is 19.9 Å². The van der Waals surface area contributed by atoms with Gasteiger partial charge in [-0.25, -0.2) is 4.98 Å². The SMILES string of the molecule is Cc1cccc(NC(=O)CN2CCc3nc(NC(=O)c4cccs4)sc3C2)c1. The van der Waals surface area contributed by atoms with Crippen molar-refractivity contribution in [3.05, 3.63) is 62.8 Å². The van der Waals surface area contributed by atoms with Gasteiger partial charge >= 0.3 is 0 Å². The lowest BCUT2D eigenvalue weighted by Crippen LogP contribution is -2.36. The Labute approximate surface area is 171 Å². The molecule has 1 aliphatic heterocycles. The van der Waals surface area contributed by atoms with Crippen LogP contribution in [0.1, 0.15) is 25.8 Å². The first-order chi connectivity index (χ1) is 13.6. The molecular weight excluding hydrogens is 392 g/mol. The summed E-state index contributed by atoms with van der Waals surface area (Å²) in [5.41, 5.74) is 2.95. The summed E-state index contributed by atoms with van der Waals surface area (Å²) in [6, 6.07) is 11.4. The fraction of sp³-hybridized carbons (Fsp3) is 0.250. The second kappa shape index (κ2) is 8.22. The molecule has 0 aliphatic carbocycles. The summed E-state index contributed by atoms with van der Waals surface area (Å²) in [5.74, 6) is -0.153. The van der Waals surface area contributed by atoms with E-state index >= 15 is 0 Å². The smallest absolute Gasteiger partial charge is 0.267 e. The molecule has 0 saturated carbocycles. The van der Waals surface area contributed by atoms with Crippen LogP contribution in [0.2, 0.25) is 0 Å². The van der Waals surface area contributed by atoms with Crippen LogP contribution in [0, 0.1) is 6.92 Å². The number of benzene rings is 1. The molecule has 1 aromatic carbocycles. The van der Waals surface area contributed by atoms with Gasteiger partial charge in [0.25, 0.3) is 5.91 Å². The number of amides is 2. The summed E-state index contributed by atoms with van der Waals surface area (Å²) < 4.78 is 0. The first kappa shape index (κ1) is 18.8. The first-order valence-electron chi connectivity index (χ1n) is 8.99. The zero-order valence-electron chi connectivity index (χ0n) is 15.4. The highest BCUT2D eigenvalue weighted by molar-refractivity contribution is 7.16. The second-order valence-corrected chi connectivity index (χ2v) is 8.73. The molecule has 8 heteroatoms. The molecule has 4 rings (SSSR count). The van der Waals surface area contributed by atoms with Crippen LogP contribution in [0.5, 0.6) is 0 Å². The van der Waals surface area contributed by atoms with E-state index in [0.717, 1.165) is 34.8 Å². The molecule has 1 aliphatic rings. The van der Waals surface area contributed by atoms with E-state index in [0.29, 0.717) is 23.1 Å². The minimum absolute atomic E-state index is 0.0233. The third kappa shape index (κ3) is 4.46. The van der Waals surface area contributed by atoms with E-state index in [1.165, 1.54) is 22.7 Å². The molecule has 2 aromatic heterocycles. The van der Waals surface area contributed by atoms with Crippen LogP contribution in [-0.2, 0) is 17.8 Å². The van der Waals surface area contributed by atoms with Crippen LogP contribution >= 0.6 is 22.7 Å². The van der Waals surface area contributed by atoms with Crippen LogP contribution in [0.4, 0.5) is 10.8 Å². The molecule has 28 heavy (non-hydrogen) atoms. The van der Waals surface area contributed by atoms with Crippen LogP contribution in [-0.4, -0.2) is 34.8 Å². The molecule has 0 unspecified atom stereocenters. The number of rotatable bonds is 5. The Morgan fingerprint density at radius 1 is 1.21 bits per heavy atom. The highest BCUT2D eigenvalue weighted by Gasteiger charge is 2.23. The van der Waals surface area contributed by atoms with Gasteiger partial charge in [-0.2, -0.15) is 0 Å². The van der Waals surface area contributed by atoms with Crippen molar-refractivity contribution >= 4 is 45.3 Å². The van der Waals surface area contributed by atoms with E-state index in [1.807, 2.05) is 42.6 Å². The lowest BCUT2D eigenvalue weighted by atomic mass is 10.2. The van der Waals surface area contributed by atoms with Gasteiger partial charge in [-0.15, -0.1) is 22.7 Å². The normalized spacial score (nSPS) is 13.8. The van der Waals surface area contributed by atoms with E-state index in [1.54, 1.807) is 6.07 Å². The second-order valence-electron chi connectivity index (χ2n) is 6.70. The van der Waals surface area contributed by atoms with Gasteiger partial charge < -0.3 is 5.32 Å². The summed E-state index contributed by atoms with van der Waals surface area (Å²) in [4.78, 5) is 33.0. The lowest BCUT2D eigenvalue weighted by Gasteiger charge is -2.25. The Morgan fingerprint density at radius 3 is 2.89 bits per heavy atom. The fourth-order valence-corrected chi connectivity index (χ4v) is 4.79. The lowest BCUT2D eigenvalue weighted by molar-refractivity contribution is -0.117. The number of aryl methyl sites for hydroxylation is 1. The summed E-state index contributed by atoms with van der Waals surface area (Å²) in [5, 5.41) is 8.32. The molecule has 6 nitrogen and oxygen atoms in total. The first-order valence-corrected chi connectivity index (χ1v) is 10.7. The molecule has 0 spiro atoms. The molecule has 2 N–H and O–H groups in total. The van der Waals surface area contributed by atoms with Crippen LogP contribution < -0.4 is 10.6 Å². The van der Waals surface area contributed by atoms with Crippen molar-refractivity contribution in [3.8, 4) is 0 Å². The average Bonchev–Trinajstić information content (AvgIpc) is 3.30.